The van der Waals surface area contributed by atoms with E-state index in [0.29, 0.717) is 17.8 Å². The Balaban J connectivity index is 0.00000242. The van der Waals surface area contributed by atoms with Crippen molar-refractivity contribution in [3.63, 3.8) is 0 Å². The number of hydrogen-bond donors (Lipinski definition) is 2. The van der Waals surface area contributed by atoms with Gasteiger partial charge in [-0.05, 0) is 37.6 Å². The lowest BCUT2D eigenvalue weighted by Crippen LogP contribution is -2.48. The van der Waals surface area contributed by atoms with E-state index in [1.54, 1.807) is 37.5 Å². The molecule has 1 amide bonds. The molecule has 0 aliphatic carbocycles. The predicted molar refractivity (Wildman–Crippen MR) is 86.9 cm³/mol. The van der Waals surface area contributed by atoms with Crippen LogP contribution in [-0.4, -0.2) is 21.2 Å². The Morgan fingerprint density at radius 1 is 1.50 bits per heavy atom. The molecule has 3 N–H and O–H groups in total. The molecule has 22 heavy (non-hydrogen) atoms. The van der Waals surface area contributed by atoms with E-state index in [0.717, 1.165) is 6.42 Å². The van der Waals surface area contributed by atoms with E-state index >= 15 is 0 Å². The molecule has 0 saturated carbocycles. The van der Waals surface area contributed by atoms with Gasteiger partial charge in [-0.1, -0.05) is 13.3 Å². The molecule has 2 aromatic rings. The molecule has 7 heteroatoms. The Kier molecular flexibility index (Phi) is 6.08. The molecule has 1 aromatic heterocycles. The van der Waals surface area contributed by atoms with Crippen molar-refractivity contribution in [1.82, 2.24) is 9.78 Å². The largest absolute Gasteiger partial charge is 0.324 e. The maximum absolute atomic E-state index is 14.1. The van der Waals surface area contributed by atoms with Gasteiger partial charge < -0.3 is 11.1 Å². The van der Waals surface area contributed by atoms with E-state index in [9.17, 15) is 9.18 Å². The van der Waals surface area contributed by atoms with E-state index in [4.69, 9.17) is 5.73 Å². The van der Waals surface area contributed by atoms with Crippen molar-refractivity contribution < 1.29 is 9.18 Å². The first kappa shape index (κ1) is 18.1. The molecule has 1 unspecified atom stereocenters. The molecule has 0 spiro atoms. The van der Waals surface area contributed by atoms with Crippen molar-refractivity contribution in [3.8, 4) is 5.69 Å². The van der Waals surface area contributed by atoms with Crippen LogP contribution in [0.5, 0.6) is 0 Å². The topological polar surface area (TPSA) is 72.9 Å². The van der Waals surface area contributed by atoms with Crippen LogP contribution >= 0.6 is 12.4 Å². The van der Waals surface area contributed by atoms with Gasteiger partial charge in [0.15, 0.2) is 5.82 Å². The molecule has 0 fully saturated rings. The summed E-state index contributed by atoms with van der Waals surface area (Å²) in [6.07, 6.45) is 4.58. The van der Waals surface area contributed by atoms with Crippen LogP contribution in [0.15, 0.2) is 36.7 Å². The summed E-state index contributed by atoms with van der Waals surface area (Å²) in [7, 11) is 0. The highest BCUT2D eigenvalue weighted by atomic mass is 35.5. The van der Waals surface area contributed by atoms with Crippen LogP contribution in [0.25, 0.3) is 5.69 Å². The quantitative estimate of drug-likeness (QED) is 0.887. The Morgan fingerprint density at radius 2 is 2.23 bits per heavy atom. The fourth-order valence-corrected chi connectivity index (χ4v) is 2.09. The number of carbonyl (C=O) groups is 1. The Hall–Kier alpha value is -1.92. The minimum Gasteiger partial charge on any atom is -0.324 e. The highest BCUT2D eigenvalue weighted by Gasteiger charge is 2.27. The minimum absolute atomic E-state index is 0. The van der Waals surface area contributed by atoms with Gasteiger partial charge in [0, 0.05) is 18.1 Å². The summed E-state index contributed by atoms with van der Waals surface area (Å²) < 4.78 is 15.5. The summed E-state index contributed by atoms with van der Waals surface area (Å²) in [6.45, 7) is 3.62. The summed E-state index contributed by atoms with van der Waals surface area (Å²) >= 11 is 0. The number of halogens is 2. The summed E-state index contributed by atoms with van der Waals surface area (Å²) in [5.41, 5.74) is 5.67. The maximum Gasteiger partial charge on any atom is 0.244 e. The highest BCUT2D eigenvalue weighted by Crippen LogP contribution is 2.19. The summed E-state index contributed by atoms with van der Waals surface area (Å²) in [5.74, 6) is -0.790. The van der Waals surface area contributed by atoms with Gasteiger partial charge in [-0.15, -0.1) is 12.4 Å². The number of nitrogens with one attached hydrogen (secondary N) is 1. The summed E-state index contributed by atoms with van der Waals surface area (Å²) in [4.78, 5) is 12.1. The van der Waals surface area contributed by atoms with Crippen LogP contribution in [-0.2, 0) is 4.79 Å². The SMILES string of the molecule is CCCC(C)(N)C(=O)Nc1ccc(-n2cccn2)c(F)c1.Cl. The molecular formula is C15H20ClFN4O. The minimum atomic E-state index is -0.966. The lowest BCUT2D eigenvalue weighted by atomic mass is 9.96. The number of carbonyl (C=O) groups excluding carboxylic acids is 1. The molecule has 1 heterocycles. The standard InChI is InChI=1S/C15H19FN4O.ClH/c1-3-7-15(2,17)14(21)19-11-5-6-13(12(16)10-11)20-9-4-8-18-20;/h4-6,8-10H,3,7,17H2,1-2H3,(H,19,21);1H. The third-order valence-corrected chi connectivity index (χ3v) is 3.24. The van der Waals surface area contributed by atoms with Crippen molar-refractivity contribution in [3.05, 3.63) is 42.5 Å². The lowest BCUT2D eigenvalue weighted by Gasteiger charge is -2.22. The van der Waals surface area contributed by atoms with Crippen molar-refractivity contribution in [2.24, 2.45) is 5.73 Å². The van der Waals surface area contributed by atoms with Gasteiger partial charge in [-0.2, -0.15) is 5.10 Å². The van der Waals surface area contributed by atoms with Gasteiger partial charge >= 0.3 is 0 Å². The highest BCUT2D eigenvalue weighted by molar-refractivity contribution is 5.97. The van der Waals surface area contributed by atoms with Crippen molar-refractivity contribution in [2.45, 2.75) is 32.2 Å². The number of nitrogens with two attached hydrogens (primary N) is 1. The van der Waals surface area contributed by atoms with Crippen molar-refractivity contribution >= 4 is 24.0 Å². The molecule has 0 bridgehead atoms. The Labute approximate surface area is 135 Å². The second kappa shape index (κ2) is 7.38. The molecule has 2 rings (SSSR count). The average Bonchev–Trinajstić information content (AvgIpc) is 2.92. The lowest BCUT2D eigenvalue weighted by molar-refractivity contribution is -0.120. The van der Waals surface area contributed by atoms with E-state index in [2.05, 4.69) is 10.4 Å². The number of aromatic nitrogens is 2. The van der Waals surface area contributed by atoms with Gasteiger partial charge in [0.2, 0.25) is 5.91 Å². The van der Waals surface area contributed by atoms with Gasteiger partial charge in [0.25, 0.3) is 0 Å². The van der Waals surface area contributed by atoms with Crippen LogP contribution in [0, 0.1) is 5.82 Å². The average molecular weight is 327 g/mol. The molecule has 0 saturated heterocycles. The first-order chi connectivity index (χ1) is 9.94. The second-order valence-corrected chi connectivity index (χ2v) is 5.24. The number of rotatable bonds is 5. The third-order valence-electron chi connectivity index (χ3n) is 3.24. The second-order valence-electron chi connectivity index (χ2n) is 5.24. The van der Waals surface area contributed by atoms with Crippen molar-refractivity contribution in [1.29, 1.82) is 0 Å². The zero-order valence-corrected chi connectivity index (χ0v) is 13.4. The van der Waals surface area contributed by atoms with E-state index in [1.165, 1.54) is 10.7 Å². The van der Waals surface area contributed by atoms with Crippen molar-refractivity contribution in [2.75, 3.05) is 5.32 Å². The molecule has 0 radical (unpaired) electrons. The van der Waals surface area contributed by atoms with Crippen LogP contribution in [0.2, 0.25) is 0 Å². The first-order valence-corrected chi connectivity index (χ1v) is 6.84. The van der Waals surface area contributed by atoms with Gasteiger partial charge in [-0.25, -0.2) is 9.07 Å². The number of amides is 1. The van der Waals surface area contributed by atoms with Gasteiger partial charge in [-0.3, -0.25) is 4.79 Å². The van der Waals surface area contributed by atoms with Crippen LogP contribution in [0.1, 0.15) is 26.7 Å². The smallest absolute Gasteiger partial charge is 0.244 e. The zero-order valence-electron chi connectivity index (χ0n) is 12.5. The number of hydrogen-bond acceptors (Lipinski definition) is 3. The van der Waals surface area contributed by atoms with Crippen LogP contribution in [0.3, 0.4) is 0 Å². The number of benzene rings is 1. The molecular weight excluding hydrogens is 307 g/mol. The Morgan fingerprint density at radius 3 is 2.77 bits per heavy atom. The fourth-order valence-electron chi connectivity index (χ4n) is 2.09. The van der Waals surface area contributed by atoms with Crippen LogP contribution in [0.4, 0.5) is 10.1 Å². The number of nitrogens with zero attached hydrogens (tertiary/aromatic N) is 2. The predicted octanol–water partition coefficient (Wildman–Crippen LogP) is 2.89. The van der Waals surface area contributed by atoms with E-state index in [1.807, 2.05) is 6.92 Å². The third kappa shape index (κ3) is 4.05. The monoisotopic (exact) mass is 326 g/mol. The molecule has 1 atom stereocenters. The summed E-state index contributed by atoms with van der Waals surface area (Å²) in [6, 6.07) is 6.16. The molecule has 0 aliphatic heterocycles. The van der Waals surface area contributed by atoms with Gasteiger partial charge in [0.1, 0.15) is 5.69 Å². The summed E-state index contributed by atoms with van der Waals surface area (Å²) in [5, 5.41) is 6.62. The Bertz CT molecular complexity index is 628. The maximum atomic E-state index is 14.1. The molecule has 120 valence electrons. The number of anilines is 1. The van der Waals surface area contributed by atoms with Gasteiger partial charge in [0.05, 0.1) is 5.54 Å². The van der Waals surface area contributed by atoms with E-state index < -0.39 is 11.4 Å². The first-order valence-electron chi connectivity index (χ1n) is 6.84. The fraction of sp³-hybridized carbons (Fsp3) is 0.333. The molecule has 5 nitrogen and oxygen atoms in total. The normalized spacial score (nSPS) is 13.1. The van der Waals surface area contributed by atoms with Crippen LogP contribution < -0.4 is 11.1 Å². The molecule has 0 aliphatic rings. The van der Waals surface area contributed by atoms with E-state index in [-0.39, 0.29) is 18.3 Å². The zero-order chi connectivity index (χ0) is 15.5. The molecule has 1 aromatic carbocycles.